The van der Waals surface area contributed by atoms with E-state index in [1.165, 1.54) is 27.8 Å². The summed E-state index contributed by atoms with van der Waals surface area (Å²) in [6.45, 7) is 40.3. The Bertz CT molecular complexity index is 1590. The topological polar surface area (TPSA) is 63.9 Å². The van der Waals surface area contributed by atoms with Crippen LogP contribution in [0.3, 0.4) is 0 Å². The Morgan fingerprint density at radius 3 is 1.03 bits per heavy atom. The predicted octanol–water partition coefficient (Wildman–Crippen LogP) is 14.5. The van der Waals surface area contributed by atoms with Crippen molar-refractivity contribution in [3.8, 4) is 0 Å². The number of benzene rings is 2. The van der Waals surface area contributed by atoms with Crippen LogP contribution in [0.15, 0.2) is 145 Å². The Kier molecular flexibility index (Phi) is 21.0. The van der Waals surface area contributed by atoms with Crippen LogP contribution in [0, 0.1) is 5.41 Å². The van der Waals surface area contributed by atoms with E-state index >= 15 is 0 Å². The summed E-state index contributed by atoms with van der Waals surface area (Å²) in [4.78, 5) is 20.3. The Morgan fingerprint density at radius 2 is 0.797 bits per heavy atom. The Hall–Kier alpha value is -4.77. The molecule has 0 fully saturated rings. The van der Waals surface area contributed by atoms with Gasteiger partial charge in [-0.05, 0) is 73.1 Å². The Balaban J connectivity index is 0.000000354. The molecular weight excluding hydrogens is 719 g/mol. The van der Waals surface area contributed by atoms with Crippen molar-refractivity contribution >= 4 is 6.21 Å². The van der Waals surface area contributed by atoms with Gasteiger partial charge in [-0.2, -0.15) is 0 Å². The molecule has 4 heterocycles. The van der Waals surface area contributed by atoms with Crippen molar-refractivity contribution in [2.24, 2.45) is 10.4 Å². The maximum atomic E-state index is 4.25. The molecule has 0 saturated heterocycles. The molecule has 1 aliphatic rings. The third-order valence-corrected chi connectivity index (χ3v) is 9.18. The first-order chi connectivity index (χ1) is 27.1. The van der Waals surface area contributed by atoms with E-state index in [-0.39, 0.29) is 16.2 Å². The molecule has 5 aromatic rings. The van der Waals surface area contributed by atoms with E-state index in [9.17, 15) is 0 Å². The molecule has 59 heavy (non-hydrogen) atoms. The second-order valence-corrected chi connectivity index (χ2v) is 21.0. The van der Waals surface area contributed by atoms with E-state index in [0.29, 0.717) is 16.2 Å². The van der Waals surface area contributed by atoms with Gasteiger partial charge in [-0.3, -0.25) is 15.0 Å². The van der Waals surface area contributed by atoms with Crippen molar-refractivity contribution in [3.05, 3.63) is 168 Å². The predicted molar refractivity (Wildman–Crippen MR) is 258 cm³/mol. The lowest BCUT2D eigenvalue weighted by molar-refractivity contribution is 0.527. The zero-order valence-corrected chi connectivity index (χ0v) is 40.2. The summed E-state index contributed by atoms with van der Waals surface area (Å²) < 4.78 is 0. The van der Waals surface area contributed by atoms with Crippen LogP contribution in [-0.2, 0) is 27.1 Å². The molecule has 5 heteroatoms. The zero-order valence-electron chi connectivity index (χ0n) is 40.2. The SMILES string of the molecule is CC(C)(C)C1=CCN=C1.CC(C)(C)c1ccccc1.CC(C)(C)c1ccccc1.CC(C)(C)c1ccccn1.CC(C)(C)c1cccnc1.CC(C)(C)c1cncnc1. The smallest absolute Gasteiger partial charge is 0.115 e. The van der Waals surface area contributed by atoms with Crippen LogP contribution in [0.2, 0.25) is 0 Å². The van der Waals surface area contributed by atoms with E-state index in [1.807, 2.05) is 49.2 Å². The number of aliphatic imine (C=N–C) groups is 1. The number of nitrogens with zero attached hydrogens (tertiary/aromatic N) is 5. The fraction of sp³-hybridized carbons (Fsp3) is 0.463. The first kappa shape index (κ1) is 52.2. The molecule has 0 atom stereocenters. The average molecular weight is 798 g/mol. The fourth-order valence-corrected chi connectivity index (χ4v) is 5.03. The van der Waals surface area contributed by atoms with Crippen molar-refractivity contribution in [1.29, 1.82) is 0 Å². The van der Waals surface area contributed by atoms with Crippen LogP contribution in [0.5, 0.6) is 0 Å². The molecular formula is C54H79N5. The van der Waals surface area contributed by atoms with Crippen LogP contribution in [0.25, 0.3) is 0 Å². The standard InChI is InChI=1S/2C10H14.2C9H13N.C8H12N2.C8H13N/c2*1-10(2,3)9-7-5-4-6-8-9;1-9(2,3)8-5-4-6-10-7-8;1-9(2,3)8-6-4-5-7-10-8;1-8(2,3)7-4-9-6-10-5-7;1-8(2,3)7-4-5-9-6-7/h2*4-8H,1-3H3;2*4-7H,1-3H3;4-6H,1-3H3;4,6H,5H2,1-3H3. The van der Waals surface area contributed by atoms with Gasteiger partial charge in [0.15, 0.2) is 0 Å². The highest BCUT2D eigenvalue weighted by Crippen LogP contribution is 2.25. The summed E-state index contributed by atoms with van der Waals surface area (Å²) in [6, 6.07) is 31.2. The molecule has 2 aromatic carbocycles. The van der Waals surface area contributed by atoms with Gasteiger partial charge in [0.25, 0.3) is 0 Å². The van der Waals surface area contributed by atoms with Gasteiger partial charge < -0.3 is 0 Å². The normalized spacial score (nSPS) is 12.5. The molecule has 0 saturated carbocycles. The second kappa shape index (κ2) is 23.7. The van der Waals surface area contributed by atoms with Crippen LogP contribution in [-0.4, -0.2) is 32.7 Å². The summed E-state index contributed by atoms with van der Waals surface area (Å²) >= 11 is 0. The van der Waals surface area contributed by atoms with E-state index < -0.39 is 0 Å². The van der Waals surface area contributed by atoms with E-state index in [2.05, 4.69) is 228 Å². The Labute approximate surface area is 361 Å². The number of allylic oxidation sites excluding steroid dienone is 1. The molecule has 0 unspecified atom stereocenters. The molecule has 3 aromatic heterocycles. The van der Waals surface area contributed by atoms with Crippen LogP contribution >= 0.6 is 0 Å². The van der Waals surface area contributed by atoms with Crippen LogP contribution in [0.1, 0.15) is 153 Å². The van der Waals surface area contributed by atoms with Gasteiger partial charge in [0.05, 0.1) is 6.54 Å². The number of rotatable bonds is 0. The summed E-state index contributed by atoms with van der Waals surface area (Å²) in [5, 5.41) is 0. The van der Waals surface area contributed by atoms with Gasteiger partial charge >= 0.3 is 0 Å². The second-order valence-electron chi connectivity index (χ2n) is 21.0. The minimum absolute atomic E-state index is 0.168. The Morgan fingerprint density at radius 1 is 0.373 bits per heavy atom. The van der Waals surface area contributed by atoms with Crippen molar-refractivity contribution in [2.75, 3.05) is 6.54 Å². The number of aromatic nitrogens is 4. The zero-order chi connectivity index (χ0) is 45.0. The highest BCUT2D eigenvalue weighted by Gasteiger charge is 2.17. The van der Waals surface area contributed by atoms with Crippen molar-refractivity contribution in [2.45, 2.75) is 152 Å². The van der Waals surface area contributed by atoms with Gasteiger partial charge in [0.1, 0.15) is 6.33 Å². The van der Waals surface area contributed by atoms with Gasteiger partial charge in [-0.15, -0.1) is 0 Å². The molecule has 320 valence electrons. The first-order valence-electron chi connectivity index (χ1n) is 21.0. The number of hydrogen-bond acceptors (Lipinski definition) is 5. The maximum Gasteiger partial charge on any atom is 0.115 e. The minimum atomic E-state index is 0.168. The lowest BCUT2D eigenvalue weighted by Crippen LogP contribution is -2.12. The molecule has 6 rings (SSSR count). The third-order valence-electron chi connectivity index (χ3n) is 9.18. The molecule has 5 nitrogen and oxygen atoms in total. The first-order valence-corrected chi connectivity index (χ1v) is 21.0. The maximum absolute atomic E-state index is 4.25. The summed E-state index contributed by atoms with van der Waals surface area (Å²) in [7, 11) is 0. The molecule has 0 radical (unpaired) electrons. The molecule has 0 amide bonds. The quantitative estimate of drug-likeness (QED) is 0.157. The lowest BCUT2D eigenvalue weighted by Gasteiger charge is -2.18. The van der Waals surface area contributed by atoms with Crippen molar-refractivity contribution in [3.63, 3.8) is 0 Å². The van der Waals surface area contributed by atoms with Crippen molar-refractivity contribution < 1.29 is 0 Å². The average Bonchev–Trinajstić information content (AvgIpc) is 3.73. The third kappa shape index (κ3) is 22.8. The van der Waals surface area contributed by atoms with Gasteiger partial charge in [-0.1, -0.05) is 203 Å². The summed E-state index contributed by atoms with van der Waals surface area (Å²) in [6.07, 6.45) is 15.0. The molecule has 0 aliphatic carbocycles. The summed E-state index contributed by atoms with van der Waals surface area (Å²) in [5.41, 5.74) is 9.23. The minimum Gasteiger partial charge on any atom is -0.289 e. The fourth-order valence-electron chi connectivity index (χ4n) is 5.03. The van der Waals surface area contributed by atoms with Gasteiger partial charge in [0, 0.05) is 48.3 Å². The van der Waals surface area contributed by atoms with E-state index in [4.69, 9.17) is 0 Å². The molecule has 0 spiro atoms. The number of pyridine rings is 2. The lowest BCUT2D eigenvalue weighted by atomic mass is 9.87. The van der Waals surface area contributed by atoms with Gasteiger partial charge in [0.2, 0.25) is 0 Å². The monoisotopic (exact) mass is 798 g/mol. The van der Waals surface area contributed by atoms with Gasteiger partial charge in [-0.25, -0.2) is 9.97 Å². The molecule has 0 N–H and O–H groups in total. The van der Waals surface area contributed by atoms with Crippen LogP contribution in [0.4, 0.5) is 0 Å². The molecule has 0 bridgehead atoms. The van der Waals surface area contributed by atoms with E-state index in [1.54, 1.807) is 12.5 Å². The molecule has 1 aliphatic heterocycles. The van der Waals surface area contributed by atoms with Crippen molar-refractivity contribution in [1.82, 2.24) is 19.9 Å². The highest BCUT2D eigenvalue weighted by atomic mass is 14.8. The van der Waals surface area contributed by atoms with Crippen LogP contribution < -0.4 is 0 Å². The highest BCUT2D eigenvalue weighted by molar-refractivity contribution is 5.82. The summed E-state index contributed by atoms with van der Waals surface area (Å²) in [5.74, 6) is 0. The number of hydrogen-bond donors (Lipinski definition) is 0. The van der Waals surface area contributed by atoms with E-state index in [0.717, 1.165) is 12.2 Å². The largest absolute Gasteiger partial charge is 0.289 e.